The van der Waals surface area contributed by atoms with Gasteiger partial charge in [0, 0.05) is 12.2 Å². The number of Topliss-reactive ketones (excluding diaryl/α,β-unsaturated/α-hetero) is 1. The molecule has 1 aromatic rings. The SMILES string of the molecule is CC(=O)c1cnc(C)nc1NC1CCC(O)CC1. The summed E-state index contributed by atoms with van der Waals surface area (Å²) in [6.45, 7) is 3.32. The fourth-order valence-corrected chi connectivity index (χ4v) is 2.25. The van der Waals surface area contributed by atoms with E-state index in [0.29, 0.717) is 17.2 Å². The maximum Gasteiger partial charge on any atom is 0.165 e. The molecule has 1 heterocycles. The Hall–Kier alpha value is -1.49. The molecule has 5 nitrogen and oxygen atoms in total. The van der Waals surface area contributed by atoms with Crippen LogP contribution in [-0.4, -0.2) is 33.0 Å². The van der Waals surface area contributed by atoms with Crippen molar-refractivity contribution in [3.63, 3.8) is 0 Å². The zero-order valence-corrected chi connectivity index (χ0v) is 10.8. The number of hydrogen-bond acceptors (Lipinski definition) is 5. The van der Waals surface area contributed by atoms with Gasteiger partial charge in [0.05, 0.1) is 11.7 Å². The molecule has 98 valence electrons. The lowest BCUT2D eigenvalue weighted by molar-refractivity contribution is 0.101. The van der Waals surface area contributed by atoms with Gasteiger partial charge in [0.25, 0.3) is 0 Å². The van der Waals surface area contributed by atoms with E-state index in [-0.39, 0.29) is 17.9 Å². The Morgan fingerprint density at radius 3 is 2.67 bits per heavy atom. The fourth-order valence-electron chi connectivity index (χ4n) is 2.25. The molecule has 0 spiro atoms. The Labute approximate surface area is 107 Å². The van der Waals surface area contributed by atoms with E-state index in [2.05, 4.69) is 15.3 Å². The zero-order valence-electron chi connectivity index (χ0n) is 10.8. The molecule has 0 aliphatic heterocycles. The van der Waals surface area contributed by atoms with Crippen LogP contribution in [0.25, 0.3) is 0 Å². The van der Waals surface area contributed by atoms with Crippen molar-refractivity contribution >= 4 is 11.6 Å². The van der Waals surface area contributed by atoms with Gasteiger partial charge >= 0.3 is 0 Å². The highest BCUT2D eigenvalue weighted by Crippen LogP contribution is 2.23. The average molecular weight is 249 g/mol. The van der Waals surface area contributed by atoms with Crippen LogP contribution in [0.4, 0.5) is 5.82 Å². The number of carbonyl (C=O) groups is 1. The number of aliphatic hydroxyl groups is 1. The minimum Gasteiger partial charge on any atom is -0.393 e. The maximum absolute atomic E-state index is 11.5. The summed E-state index contributed by atoms with van der Waals surface area (Å²) in [5, 5.41) is 12.8. The monoisotopic (exact) mass is 249 g/mol. The normalized spacial score (nSPS) is 23.7. The number of aliphatic hydroxyl groups excluding tert-OH is 1. The number of hydrogen-bond donors (Lipinski definition) is 2. The molecule has 2 rings (SSSR count). The van der Waals surface area contributed by atoms with Gasteiger partial charge in [0.1, 0.15) is 11.6 Å². The van der Waals surface area contributed by atoms with E-state index < -0.39 is 0 Å². The fraction of sp³-hybridized carbons (Fsp3) is 0.615. The van der Waals surface area contributed by atoms with Crippen molar-refractivity contribution in [3.05, 3.63) is 17.6 Å². The Morgan fingerprint density at radius 1 is 1.39 bits per heavy atom. The van der Waals surface area contributed by atoms with E-state index in [9.17, 15) is 9.90 Å². The van der Waals surface area contributed by atoms with Crippen LogP contribution >= 0.6 is 0 Å². The van der Waals surface area contributed by atoms with Crippen LogP contribution in [0.2, 0.25) is 0 Å². The van der Waals surface area contributed by atoms with Crippen molar-refractivity contribution in [2.45, 2.75) is 51.7 Å². The second kappa shape index (κ2) is 5.44. The van der Waals surface area contributed by atoms with E-state index in [0.717, 1.165) is 25.7 Å². The van der Waals surface area contributed by atoms with Gasteiger partial charge in [0.2, 0.25) is 0 Å². The van der Waals surface area contributed by atoms with E-state index in [1.807, 2.05) is 0 Å². The molecule has 2 N–H and O–H groups in total. The second-order valence-corrected chi connectivity index (χ2v) is 4.89. The highest BCUT2D eigenvalue weighted by Gasteiger charge is 2.21. The summed E-state index contributed by atoms with van der Waals surface area (Å²) in [5.74, 6) is 1.24. The van der Waals surface area contributed by atoms with Gasteiger partial charge in [-0.15, -0.1) is 0 Å². The Balaban J connectivity index is 2.12. The molecule has 1 saturated carbocycles. The third kappa shape index (κ3) is 3.04. The van der Waals surface area contributed by atoms with Gasteiger partial charge in [-0.05, 0) is 39.5 Å². The summed E-state index contributed by atoms with van der Waals surface area (Å²) < 4.78 is 0. The standard InChI is InChI=1S/C13H19N3O2/c1-8(17)12-7-14-9(2)15-13(12)16-10-3-5-11(18)6-4-10/h7,10-11,18H,3-6H2,1-2H3,(H,14,15,16). The van der Waals surface area contributed by atoms with Gasteiger partial charge in [-0.2, -0.15) is 0 Å². The Bertz CT molecular complexity index is 440. The van der Waals surface area contributed by atoms with Crippen molar-refractivity contribution in [1.29, 1.82) is 0 Å². The summed E-state index contributed by atoms with van der Waals surface area (Å²) >= 11 is 0. The number of aromatic nitrogens is 2. The highest BCUT2D eigenvalue weighted by atomic mass is 16.3. The number of anilines is 1. The lowest BCUT2D eigenvalue weighted by Crippen LogP contribution is -2.29. The smallest absolute Gasteiger partial charge is 0.165 e. The Kier molecular flexibility index (Phi) is 3.91. The Morgan fingerprint density at radius 2 is 2.06 bits per heavy atom. The number of carbonyl (C=O) groups excluding carboxylic acids is 1. The van der Waals surface area contributed by atoms with Crippen LogP contribution in [0.15, 0.2) is 6.20 Å². The quantitative estimate of drug-likeness (QED) is 0.797. The number of ketones is 1. The summed E-state index contributed by atoms with van der Waals surface area (Å²) in [5.41, 5.74) is 0.534. The van der Waals surface area contributed by atoms with Gasteiger partial charge in [-0.3, -0.25) is 4.79 Å². The largest absolute Gasteiger partial charge is 0.393 e. The zero-order chi connectivity index (χ0) is 13.1. The molecule has 0 bridgehead atoms. The van der Waals surface area contributed by atoms with Crippen LogP contribution in [0.1, 0.15) is 48.8 Å². The third-order valence-electron chi connectivity index (χ3n) is 3.33. The molecular weight excluding hydrogens is 230 g/mol. The number of aryl methyl sites for hydroxylation is 1. The second-order valence-electron chi connectivity index (χ2n) is 4.89. The highest BCUT2D eigenvalue weighted by molar-refractivity contribution is 5.98. The summed E-state index contributed by atoms with van der Waals surface area (Å²) in [6.07, 6.45) is 4.81. The molecule has 0 radical (unpaired) electrons. The van der Waals surface area contributed by atoms with Crippen molar-refractivity contribution < 1.29 is 9.90 Å². The van der Waals surface area contributed by atoms with Crippen LogP contribution in [0.3, 0.4) is 0 Å². The first-order valence-electron chi connectivity index (χ1n) is 6.35. The maximum atomic E-state index is 11.5. The van der Waals surface area contributed by atoms with E-state index in [4.69, 9.17) is 0 Å². The lowest BCUT2D eigenvalue weighted by atomic mass is 9.93. The summed E-state index contributed by atoms with van der Waals surface area (Å²) in [4.78, 5) is 19.9. The number of rotatable bonds is 3. The predicted molar refractivity (Wildman–Crippen MR) is 68.7 cm³/mol. The lowest BCUT2D eigenvalue weighted by Gasteiger charge is -2.27. The molecule has 0 aromatic carbocycles. The first-order valence-corrected chi connectivity index (χ1v) is 6.35. The molecule has 1 aliphatic carbocycles. The van der Waals surface area contributed by atoms with Crippen LogP contribution in [-0.2, 0) is 0 Å². The topological polar surface area (TPSA) is 75.1 Å². The first kappa shape index (κ1) is 13.0. The van der Waals surface area contributed by atoms with Gasteiger partial charge in [-0.25, -0.2) is 9.97 Å². The molecule has 18 heavy (non-hydrogen) atoms. The average Bonchev–Trinajstić information content (AvgIpc) is 2.32. The van der Waals surface area contributed by atoms with Crippen molar-refractivity contribution in [2.75, 3.05) is 5.32 Å². The molecular formula is C13H19N3O2. The molecule has 0 unspecified atom stereocenters. The molecule has 1 fully saturated rings. The van der Waals surface area contributed by atoms with Crippen molar-refractivity contribution in [1.82, 2.24) is 9.97 Å². The minimum absolute atomic E-state index is 0.0339. The molecule has 1 aromatic heterocycles. The molecule has 0 amide bonds. The van der Waals surface area contributed by atoms with Gasteiger partial charge < -0.3 is 10.4 Å². The van der Waals surface area contributed by atoms with Crippen molar-refractivity contribution in [3.8, 4) is 0 Å². The predicted octanol–water partition coefficient (Wildman–Crippen LogP) is 1.70. The molecule has 1 aliphatic rings. The molecule has 0 atom stereocenters. The van der Waals surface area contributed by atoms with Crippen LogP contribution in [0.5, 0.6) is 0 Å². The van der Waals surface area contributed by atoms with E-state index in [1.165, 1.54) is 6.92 Å². The number of nitrogens with zero attached hydrogens (tertiary/aromatic N) is 2. The van der Waals surface area contributed by atoms with Crippen LogP contribution in [0, 0.1) is 6.92 Å². The van der Waals surface area contributed by atoms with Gasteiger partial charge in [0.15, 0.2) is 5.78 Å². The molecule has 0 saturated heterocycles. The number of nitrogens with one attached hydrogen (secondary N) is 1. The summed E-state index contributed by atoms with van der Waals surface area (Å²) in [6, 6.07) is 0.279. The molecule has 5 heteroatoms. The van der Waals surface area contributed by atoms with Crippen LogP contribution < -0.4 is 5.32 Å². The van der Waals surface area contributed by atoms with E-state index >= 15 is 0 Å². The van der Waals surface area contributed by atoms with E-state index in [1.54, 1.807) is 13.1 Å². The minimum atomic E-state index is -0.178. The third-order valence-corrected chi connectivity index (χ3v) is 3.33. The summed E-state index contributed by atoms with van der Waals surface area (Å²) in [7, 11) is 0. The van der Waals surface area contributed by atoms with Crippen molar-refractivity contribution in [2.24, 2.45) is 0 Å². The van der Waals surface area contributed by atoms with Gasteiger partial charge in [-0.1, -0.05) is 0 Å². The first-order chi connectivity index (χ1) is 8.56.